The number of hydrogen-bond acceptors (Lipinski definition) is 3. The highest BCUT2D eigenvalue weighted by molar-refractivity contribution is 6.33. The summed E-state index contributed by atoms with van der Waals surface area (Å²) in [5.74, 6) is -0.791. The molecule has 3 rings (SSSR count). The number of hydrogen-bond donors (Lipinski definition) is 1. The van der Waals surface area contributed by atoms with Gasteiger partial charge in [0.25, 0.3) is 0 Å². The summed E-state index contributed by atoms with van der Waals surface area (Å²) in [4.78, 5) is 10.8. The largest absolute Gasteiger partial charge is 0.478 e. The van der Waals surface area contributed by atoms with Crippen molar-refractivity contribution < 1.29 is 27.6 Å². The fourth-order valence-corrected chi connectivity index (χ4v) is 2.43. The van der Waals surface area contributed by atoms with Crippen LogP contribution in [-0.2, 0) is 6.18 Å². The van der Waals surface area contributed by atoms with Gasteiger partial charge in [-0.15, -0.1) is 0 Å². The zero-order valence-corrected chi connectivity index (χ0v) is 13.1. The molecule has 0 aliphatic heterocycles. The van der Waals surface area contributed by atoms with Gasteiger partial charge in [0.05, 0.1) is 16.1 Å². The van der Waals surface area contributed by atoms with Gasteiger partial charge in [-0.2, -0.15) is 13.2 Å². The van der Waals surface area contributed by atoms with Crippen molar-refractivity contribution in [3.63, 3.8) is 0 Å². The van der Waals surface area contributed by atoms with E-state index in [2.05, 4.69) is 5.16 Å². The summed E-state index contributed by atoms with van der Waals surface area (Å²) in [5.41, 5.74) is 0.0283. The van der Waals surface area contributed by atoms with Crippen LogP contribution in [0.2, 0.25) is 5.02 Å². The summed E-state index contributed by atoms with van der Waals surface area (Å²) in [6, 6.07) is 10.2. The Morgan fingerprint density at radius 2 is 1.76 bits per heavy atom. The van der Waals surface area contributed by atoms with Crippen LogP contribution in [0.3, 0.4) is 0 Å². The van der Waals surface area contributed by atoms with Gasteiger partial charge < -0.3 is 9.63 Å². The first-order valence-electron chi connectivity index (χ1n) is 6.93. The van der Waals surface area contributed by atoms with E-state index in [1.807, 2.05) is 0 Å². The number of nitrogens with zero attached hydrogens (tertiary/aromatic N) is 1. The number of halogens is 4. The molecule has 8 heteroatoms. The number of aromatic carboxylic acids is 1. The van der Waals surface area contributed by atoms with Crippen LogP contribution in [-0.4, -0.2) is 16.2 Å². The summed E-state index contributed by atoms with van der Waals surface area (Å²) >= 11 is 5.98. The van der Waals surface area contributed by atoms with Crippen LogP contribution < -0.4 is 0 Å². The third-order valence-electron chi connectivity index (χ3n) is 3.50. The van der Waals surface area contributed by atoms with Crippen molar-refractivity contribution in [1.29, 1.82) is 0 Å². The van der Waals surface area contributed by atoms with E-state index in [4.69, 9.17) is 21.2 Å². The smallest absolute Gasteiger partial charge is 0.416 e. The zero-order valence-electron chi connectivity index (χ0n) is 12.3. The number of benzene rings is 2. The van der Waals surface area contributed by atoms with E-state index < -0.39 is 17.7 Å². The summed E-state index contributed by atoms with van der Waals surface area (Å²) in [7, 11) is 0. The molecule has 3 aromatic rings. The van der Waals surface area contributed by atoms with Crippen LogP contribution >= 0.6 is 11.6 Å². The molecule has 0 unspecified atom stereocenters. The van der Waals surface area contributed by atoms with Gasteiger partial charge in [0.1, 0.15) is 5.69 Å². The molecule has 4 nitrogen and oxygen atoms in total. The lowest BCUT2D eigenvalue weighted by Crippen LogP contribution is -2.04. The predicted octanol–water partition coefficient (Wildman–Crippen LogP) is 5.38. The average Bonchev–Trinajstić information content (AvgIpc) is 3.04. The second kappa shape index (κ2) is 6.25. The van der Waals surface area contributed by atoms with E-state index in [0.717, 1.165) is 18.2 Å². The molecular formula is C17H9ClF3NO3. The van der Waals surface area contributed by atoms with Crippen LogP contribution in [0.5, 0.6) is 0 Å². The second-order valence-electron chi connectivity index (χ2n) is 5.15. The first-order valence-corrected chi connectivity index (χ1v) is 7.31. The maximum Gasteiger partial charge on any atom is 0.416 e. The minimum Gasteiger partial charge on any atom is -0.478 e. The van der Waals surface area contributed by atoms with Crippen molar-refractivity contribution in [1.82, 2.24) is 5.16 Å². The fourth-order valence-electron chi connectivity index (χ4n) is 2.21. The van der Waals surface area contributed by atoms with Crippen molar-refractivity contribution in [2.24, 2.45) is 0 Å². The zero-order chi connectivity index (χ0) is 18.2. The topological polar surface area (TPSA) is 63.3 Å². The Bertz CT molecular complexity index is 933. The molecule has 0 amide bonds. The number of carbonyl (C=O) groups is 1. The van der Waals surface area contributed by atoms with Crippen LogP contribution in [0.1, 0.15) is 15.9 Å². The number of rotatable bonds is 3. The molecule has 1 heterocycles. The van der Waals surface area contributed by atoms with Gasteiger partial charge in [-0.25, -0.2) is 4.79 Å². The molecule has 0 aliphatic rings. The van der Waals surface area contributed by atoms with E-state index in [1.165, 1.54) is 30.3 Å². The molecule has 0 aliphatic carbocycles. The molecule has 0 atom stereocenters. The Kier molecular flexibility index (Phi) is 4.26. The van der Waals surface area contributed by atoms with Gasteiger partial charge in [0, 0.05) is 17.2 Å². The number of carboxylic acid groups (broad SMARTS) is 1. The van der Waals surface area contributed by atoms with Crippen molar-refractivity contribution in [2.75, 3.05) is 0 Å². The van der Waals surface area contributed by atoms with Crippen molar-refractivity contribution in [2.45, 2.75) is 6.18 Å². The Morgan fingerprint density at radius 1 is 1.08 bits per heavy atom. The summed E-state index contributed by atoms with van der Waals surface area (Å²) in [6.07, 6.45) is -4.50. The minimum atomic E-state index is -4.50. The molecular weight excluding hydrogens is 359 g/mol. The van der Waals surface area contributed by atoms with Gasteiger partial charge >= 0.3 is 12.1 Å². The molecule has 0 saturated carbocycles. The lowest BCUT2D eigenvalue weighted by atomic mass is 10.1. The highest BCUT2D eigenvalue weighted by atomic mass is 35.5. The summed E-state index contributed by atoms with van der Waals surface area (Å²) < 4.78 is 43.7. The summed E-state index contributed by atoms with van der Waals surface area (Å²) in [6.45, 7) is 0. The minimum absolute atomic E-state index is 0.0913. The molecule has 0 fully saturated rings. The van der Waals surface area contributed by atoms with Crippen LogP contribution in [0.15, 0.2) is 53.1 Å². The van der Waals surface area contributed by atoms with Crippen molar-refractivity contribution in [3.8, 4) is 22.6 Å². The molecule has 0 spiro atoms. The second-order valence-corrected chi connectivity index (χ2v) is 5.56. The van der Waals surface area contributed by atoms with Gasteiger partial charge in [0.15, 0.2) is 5.76 Å². The highest BCUT2D eigenvalue weighted by Gasteiger charge is 2.31. The number of carboxylic acids is 1. The average molecular weight is 368 g/mol. The van der Waals surface area contributed by atoms with Gasteiger partial charge in [-0.1, -0.05) is 28.9 Å². The van der Waals surface area contributed by atoms with Crippen LogP contribution in [0, 0.1) is 0 Å². The third-order valence-corrected chi connectivity index (χ3v) is 3.83. The third kappa shape index (κ3) is 3.51. The Balaban J connectivity index is 1.97. The van der Waals surface area contributed by atoms with Gasteiger partial charge in [-0.05, 0) is 30.3 Å². The SMILES string of the molecule is O=C(O)c1ccc(-c2cc(-c3cc(C(F)(F)F)ccc3Cl)no2)cc1. The normalized spacial score (nSPS) is 11.5. The number of alkyl halides is 3. The van der Waals surface area contributed by atoms with Crippen molar-refractivity contribution >= 4 is 17.6 Å². The maximum absolute atomic E-state index is 12.9. The van der Waals surface area contributed by atoms with E-state index in [1.54, 1.807) is 0 Å². The molecule has 2 aromatic carbocycles. The van der Waals surface area contributed by atoms with Crippen molar-refractivity contribution in [3.05, 3.63) is 64.7 Å². The maximum atomic E-state index is 12.9. The molecule has 25 heavy (non-hydrogen) atoms. The lowest BCUT2D eigenvalue weighted by Gasteiger charge is -2.08. The molecule has 0 bridgehead atoms. The van der Waals surface area contributed by atoms with E-state index >= 15 is 0 Å². The monoisotopic (exact) mass is 367 g/mol. The molecule has 128 valence electrons. The van der Waals surface area contributed by atoms with E-state index in [9.17, 15) is 18.0 Å². The molecule has 1 N–H and O–H groups in total. The van der Waals surface area contributed by atoms with Gasteiger partial charge in [0.2, 0.25) is 0 Å². The van der Waals surface area contributed by atoms with Crippen LogP contribution in [0.4, 0.5) is 13.2 Å². The van der Waals surface area contributed by atoms with E-state index in [-0.39, 0.29) is 27.6 Å². The quantitative estimate of drug-likeness (QED) is 0.675. The first-order chi connectivity index (χ1) is 11.8. The molecule has 0 radical (unpaired) electrons. The number of aromatic nitrogens is 1. The first kappa shape index (κ1) is 17.0. The Morgan fingerprint density at radius 3 is 2.36 bits per heavy atom. The molecule has 1 aromatic heterocycles. The lowest BCUT2D eigenvalue weighted by molar-refractivity contribution is -0.137. The van der Waals surface area contributed by atoms with Gasteiger partial charge in [-0.3, -0.25) is 0 Å². The summed E-state index contributed by atoms with van der Waals surface area (Å²) in [5, 5.41) is 12.7. The molecule has 0 saturated heterocycles. The standard InChI is InChI=1S/C17H9ClF3NO3/c18-13-6-5-11(17(19,20)21)7-12(13)14-8-15(25-22-14)9-1-3-10(4-2-9)16(23)24/h1-8H,(H,23,24). The predicted molar refractivity (Wildman–Crippen MR) is 84.3 cm³/mol. The van der Waals surface area contributed by atoms with Crippen LogP contribution in [0.25, 0.3) is 22.6 Å². The highest BCUT2D eigenvalue weighted by Crippen LogP contribution is 2.36. The Hall–Kier alpha value is -2.80. The fraction of sp³-hybridized carbons (Fsp3) is 0.0588. The van der Waals surface area contributed by atoms with E-state index in [0.29, 0.717) is 5.56 Å². The Labute approximate surface area is 144 Å².